The van der Waals surface area contributed by atoms with Crippen LogP contribution in [0.5, 0.6) is 0 Å². The maximum Gasteiger partial charge on any atom is 0.342 e. The van der Waals surface area contributed by atoms with Crippen LogP contribution in [-0.2, 0) is 9.53 Å². The van der Waals surface area contributed by atoms with Gasteiger partial charge in [-0.15, -0.1) is 0 Å². The van der Waals surface area contributed by atoms with Crippen molar-refractivity contribution in [3.8, 4) is 0 Å². The van der Waals surface area contributed by atoms with Crippen molar-refractivity contribution in [2.24, 2.45) is 10.9 Å². The van der Waals surface area contributed by atoms with Gasteiger partial charge in [0.15, 0.2) is 5.54 Å². The van der Waals surface area contributed by atoms with Crippen LogP contribution in [0.1, 0.15) is 29.9 Å². The Bertz CT molecular complexity index is 1010. The lowest BCUT2D eigenvalue weighted by Gasteiger charge is -2.39. The minimum absolute atomic E-state index is 0.140. The predicted molar refractivity (Wildman–Crippen MR) is 124 cm³/mol. The Labute approximate surface area is 191 Å². The highest BCUT2D eigenvalue weighted by Crippen LogP contribution is 2.49. The number of nitrogens with zero attached hydrogens (tertiary/aromatic N) is 1. The number of benzene rings is 2. The monoisotopic (exact) mass is 533 g/mol. The highest BCUT2D eigenvalue weighted by molar-refractivity contribution is 9.28. The molecule has 0 unspecified atom stereocenters. The largest absolute Gasteiger partial charge is 0.405 e. The van der Waals surface area contributed by atoms with Gasteiger partial charge < -0.3 is 4.74 Å². The summed E-state index contributed by atoms with van der Waals surface area (Å²) in [4.78, 5) is 18.4. The van der Waals surface area contributed by atoms with E-state index in [1.54, 1.807) is 0 Å². The van der Waals surface area contributed by atoms with Gasteiger partial charge in [-0.1, -0.05) is 60.2 Å². The van der Waals surface area contributed by atoms with Crippen LogP contribution in [-0.4, -0.2) is 17.4 Å². The minimum Gasteiger partial charge on any atom is -0.405 e. The maximum atomic E-state index is 13.4. The highest BCUT2D eigenvalue weighted by Gasteiger charge is 2.57. The van der Waals surface area contributed by atoms with Crippen molar-refractivity contribution < 1.29 is 9.53 Å². The van der Waals surface area contributed by atoms with E-state index in [9.17, 15) is 4.79 Å². The van der Waals surface area contributed by atoms with Crippen LogP contribution in [0, 0.1) is 5.92 Å². The topological polar surface area (TPSA) is 38.7 Å². The first kappa shape index (κ1) is 20.6. The van der Waals surface area contributed by atoms with Crippen LogP contribution in [0.3, 0.4) is 0 Å². The summed E-state index contributed by atoms with van der Waals surface area (Å²) in [6, 6.07) is 17.2. The van der Waals surface area contributed by atoms with Crippen molar-refractivity contribution in [2.75, 3.05) is 0 Å². The number of carbonyl (C=O) groups excluding carboxylic acids is 1. The predicted octanol–water partition coefficient (Wildman–Crippen LogP) is 6.76. The molecule has 4 rings (SSSR count). The number of hydrogen-bond acceptors (Lipinski definition) is 3. The number of carbonyl (C=O) groups is 1. The van der Waals surface area contributed by atoms with Gasteiger partial charge in [-0.05, 0) is 74.5 Å². The van der Waals surface area contributed by atoms with E-state index in [-0.39, 0.29) is 17.8 Å². The van der Waals surface area contributed by atoms with Gasteiger partial charge in [0.2, 0.25) is 5.90 Å². The Hall–Kier alpha value is -1.69. The fourth-order valence-corrected chi connectivity index (χ4v) is 4.69. The number of rotatable bonds is 4. The first-order chi connectivity index (χ1) is 14.0. The number of esters is 1. The Kier molecular flexibility index (Phi) is 6.09. The lowest BCUT2D eigenvalue weighted by atomic mass is 9.66. The Balaban J connectivity index is 1.86. The summed E-state index contributed by atoms with van der Waals surface area (Å²) in [6.07, 6.45) is 7.54. The van der Waals surface area contributed by atoms with Crippen LogP contribution >= 0.6 is 43.5 Å². The fourth-order valence-electron chi connectivity index (χ4n) is 4.12. The summed E-state index contributed by atoms with van der Waals surface area (Å²) in [5.41, 5.74) is 0.758. The number of halogens is 3. The standard InChI is InChI=1S/C23H18Br2ClNO2/c24-20(25)13-12-17-9-5-11-19(16-8-4-10-18(26)14-16)23(17)22(28)29-21(27-23)15-6-2-1-3-7-15/h1-10,13-14,17,19H,11-12H2/t17-,19-,23-/m0/s1. The van der Waals surface area contributed by atoms with Crippen LogP contribution in [0.4, 0.5) is 0 Å². The van der Waals surface area contributed by atoms with E-state index in [0.717, 1.165) is 14.5 Å². The van der Waals surface area contributed by atoms with Crippen molar-refractivity contribution in [3.63, 3.8) is 0 Å². The van der Waals surface area contributed by atoms with E-state index in [0.29, 0.717) is 23.8 Å². The zero-order chi connectivity index (χ0) is 20.4. The number of allylic oxidation sites excluding steroid dienone is 2. The van der Waals surface area contributed by atoms with E-state index < -0.39 is 5.54 Å². The molecule has 3 nitrogen and oxygen atoms in total. The van der Waals surface area contributed by atoms with E-state index in [1.165, 1.54) is 0 Å². The number of cyclic esters (lactones) is 1. The molecule has 148 valence electrons. The normalized spacial score (nSPS) is 25.6. The molecule has 0 N–H and O–H groups in total. The van der Waals surface area contributed by atoms with Gasteiger partial charge >= 0.3 is 5.97 Å². The third-order valence-electron chi connectivity index (χ3n) is 5.44. The number of aliphatic imine (C=N–C) groups is 1. The smallest absolute Gasteiger partial charge is 0.342 e. The van der Waals surface area contributed by atoms with Crippen molar-refractivity contribution in [3.05, 3.63) is 92.4 Å². The summed E-state index contributed by atoms with van der Waals surface area (Å²) >= 11 is 13.1. The molecule has 2 aromatic rings. The average Bonchev–Trinajstić information content (AvgIpc) is 3.05. The molecule has 1 aliphatic heterocycles. The molecule has 0 amide bonds. The third kappa shape index (κ3) is 4.00. The maximum absolute atomic E-state index is 13.4. The second-order valence-corrected chi connectivity index (χ2v) is 10.3. The summed E-state index contributed by atoms with van der Waals surface area (Å²) < 4.78 is 6.60. The summed E-state index contributed by atoms with van der Waals surface area (Å²) in [5.74, 6) is -0.231. The molecule has 0 saturated heterocycles. The molecular weight excluding hydrogens is 518 g/mol. The number of hydrogen-bond donors (Lipinski definition) is 0. The van der Waals surface area contributed by atoms with Crippen LogP contribution in [0.2, 0.25) is 5.02 Å². The fraction of sp³-hybridized carbons (Fsp3) is 0.217. The van der Waals surface area contributed by atoms with Gasteiger partial charge in [0.05, 0.1) is 3.39 Å². The SMILES string of the molecule is O=C1OC(c2ccccc2)=N[C@]12[C@H](CC=C(Br)Br)C=CC[C@H]2c1cccc(Cl)c1. The van der Waals surface area contributed by atoms with Gasteiger partial charge in [0.25, 0.3) is 0 Å². The quantitative estimate of drug-likeness (QED) is 0.320. The minimum atomic E-state index is -1.03. The summed E-state index contributed by atoms with van der Waals surface area (Å²) in [7, 11) is 0. The average molecular weight is 536 g/mol. The van der Waals surface area contributed by atoms with E-state index in [2.05, 4.69) is 44.0 Å². The van der Waals surface area contributed by atoms with Gasteiger partial charge in [0.1, 0.15) is 0 Å². The molecule has 1 aliphatic carbocycles. The first-order valence-corrected chi connectivity index (χ1v) is 11.3. The summed E-state index contributed by atoms with van der Waals surface area (Å²) in [6.45, 7) is 0. The van der Waals surface area contributed by atoms with Crippen LogP contribution in [0.25, 0.3) is 0 Å². The molecule has 3 atom stereocenters. The lowest BCUT2D eigenvalue weighted by Crippen LogP contribution is -2.48. The molecule has 1 heterocycles. The van der Waals surface area contributed by atoms with Gasteiger partial charge in [-0.25, -0.2) is 9.79 Å². The molecule has 0 fully saturated rings. The van der Waals surface area contributed by atoms with Crippen LogP contribution < -0.4 is 0 Å². The molecule has 0 aromatic heterocycles. The molecule has 29 heavy (non-hydrogen) atoms. The summed E-state index contributed by atoms with van der Waals surface area (Å²) in [5, 5.41) is 0.644. The van der Waals surface area contributed by atoms with E-state index >= 15 is 0 Å². The zero-order valence-corrected chi connectivity index (χ0v) is 19.3. The van der Waals surface area contributed by atoms with E-state index in [1.807, 2.05) is 60.7 Å². The first-order valence-electron chi connectivity index (χ1n) is 9.31. The van der Waals surface area contributed by atoms with Gasteiger partial charge in [-0.2, -0.15) is 0 Å². The molecule has 2 aromatic carbocycles. The Morgan fingerprint density at radius 2 is 2.00 bits per heavy atom. The highest BCUT2D eigenvalue weighted by atomic mass is 79.9. The molecule has 0 saturated carbocycles. The molecule has 2 aliphatic rings. The molecular formula is C23H18Br2ClNO2. The lowest BCUT2D eigenvalue weighted by molar-refractivity contribution is -0.141. The second kappa shape index (κ2) is 8.58. The number of ether oxygens (including phenoxy) is 1. The molecule has 0 bridgehead atoms. The molecule has 1 spiro atoms. The van der Waals surface area contributed by atoms with Crippen molar-refractivity contribution in [1.29, 1.82) is 0 Å². The van der Waals surface area contributed by atoms with Crippen LogP contribution in [0.15, 0.2) is 81.2 Å². The Morgan fingerprint density at radius 3 is 2.72 bits per heavy atom. The second-order valence-electron chi connectivity index (χ2n) is 7.11. The molecule has 0 radical (unpaired) electrons. The third-order valence-corrected chi connectivity index (χ3v) is 6.32. The van der Waals surface area contributed by atoms with Gasteiger partial charge in [-0.3, -0.25) is 0 Å². The zero-order valence-electron chi connectivity index (χ0n) is 15.4. The van der Waals surface area contributed by atoms with Gasteiger partial charge in [0, 0.05) is 22.4 Å². The molecule has 6 heteroatoms. The van der Waals surface area contributed by atoms with Crippen molar-refractivity contribution >= 4 is 55.3 Å². The van der Waals surface area contributed by atoms with Crippen molar-refractivity contribution in [1.82, 2.24) is 0 Å². The van der Waals surface area contributed by atoms with Crippen molar-refractivity contribution in [2.45, 2.75) is 24.3 Å². The Morgan fingerprint density at radius 1 is 1.21 bits per heavy atom. The van der Waals surface area contributed by atoms with E-state index in [4.69, 9.17) is 21.3 Å².